The Morgan fingerprint density at radius 1 is 1.00 bits per heavy atom. The van der Waals surface area contributed by atoms with E-state index in [1.54, 1.807) is 0 Å². The monoisotopic (exact) mass is 573 g/mol. The number of hydrogen-bond donors (Lipinski definition) is 1. The van der Waals surface area contributed by atoms with Gasteiger partial charge in [0.05, 0.1) is 23.1 Å². The third-order valence-corrected chi connectivity index (χ3v) is 8.53. The molecule has 0 aromatic heterocycles. The van der Waals surface area contributed by atoms with Gasteiger partial charge < -0.3 is 19.3 Å². The number of ether oxygens (including phenoxy) is 3. The van der Waals surface area contributed by atoms with Gasteiger partial charge in [-0.2, -0.15) is 4.31 Å². The minimum atomic E-state index is -3.98. The van der Waals surface area contributed by atoms with Crippen LogP contribution in [-0.2, 0) is 21.2 Å². The Labute approximate surface area is 234 Å². The Kier molecular flexibility index (Phi) is 9.72. The van der Waals surface area contributed by atoms with Crippen LogP contribution in [0.4, 0.5) is 0 Å². The summed E-state index contributed by atoms with van der Waals surface area (Å²) in [6, 6.07) is 18.5. The van der Waals surface area contributed by atoms with Crippen LogP contribution in [0.25, 0.3) is 0 Å². The van der Waals surface area contributed by atoms with Gasteiger partial charge in [-0.15, -0.1) is 0 Å². The van der Waals surface area contributed by atoms with Crippen molar-refractivity contribution in [2.24, 2.45) is 0 Å². The van der Waals surface area contributed by atoms with Gasteiger partial charge in [-0.3, -0.25) is 4.79 Å². The molecule has 1 N–H and O–H groups in total. The van der Waals surface area contributed by atoms with Gasteiger partial charge in [0, 0.05) is 13.0 Å². The van der Waals surface area contributed by atoms with Crippen molar-refractivity contribution < 1.29 is 32.5 Å². The molecule has 0 radical (unpaired) electrons. The molecular weight excluding hydrogens is 542 g/mol. The maximum absolute atomic E-state index is 13.0. The van der Waals surface area contributed by atoms with E-state index >= 15 is 0 Å². The van der Waals surface area contributed by atoms with Crippen molar-refractivity contribution in [1.29, 1.82) is 0 Å². The van der Waals surface area contributed by atoms with Gasteiger partial charge >= 0.3 is 5.97 Å². The average Bonchev–Trinajstić information content (AvgIpc) is 3.43. The zero-order valence-electron chi connectivity index (χ0n) is 21.7. The number of nitrogens with zero attached hydrogens (tertiary/aromatic N) is 1. The third-order valence-electron chi connectivity index (χ3n) is 6.33. The highest BCUT2D eigenvalue weighted by Gasteiger charge is 2.39. The second kappa shape index (κ2) is 13.2. The molecule has 0 unspecified atom stereocenters. The molecule has 1 atom stereocenters. The Morgan fingerprint density at radius 2 is 1.72 bits per heavy atom. The van der Waals surface area contributed by atoms with Crippen LogP contribution < -0.4 is 14.2 Å². The zero-order chi connectivity index (χ0) is 27.8. The fourth-order valence-corrected chi connectivity index (χ4v) is 6.42. The van der Waals surface area contributed by atoms with Crippen LogP contribution in [0, 0.1) is 0 Å². The van der Waals surface area contributed by atoms with Crippen molar-refractivity contribution in [3.63, 3.8) is 0 Å². The van der Waals surface area contributed by atoms with E-state index in [4.69, 9.17) is 25.8 Å². The number of halogens is 1. The quantitative estimate of drug-likeness (QED) is 0.244. The fourth-order valence-electron chi connectivity index (χ4n) is 4.44. The van der Waals surface area contributed by atoms with Crippen LogP contribution >= 0.6 is 11.6 Å². The third kappa shape index (κ3) is 7.23. The van der Waals surface area contributed by atoms with Gasteiger partial charge in [0.25, 0.3) is 0 Å². The molecule has 0 aliphatic carbocycles. The lowest BCUT2D eigenvalue weighted by atomic mass is 10.1. The Balaban J connectivity index is 1.30. The highest BCUT2D eigenvalue weighted by atomic mass is 35.5. The molecule has 1 fully saturated rings. The summed E-state index contributed by atoms with van der Waals surface area (Å²) in [5.74, 6) is 1.52. The minimum absolute atomic E-state index is 0.0560. The predicted molar refractivity (Wildman–Crippen MR) is 149 cm³/mol. The SMILES string of the molecule is CCCc1cc(Oc2ccccc2)ccc1OCCCOc1ccc(S(=O)(=O)N2CCC[C@@H]2C(=O)O)cc1Cl. The van der Waals surface area contributed by atoms with Gasteiger partial charge in [-0.05, 0) is 73.4 Å². The van der Waals surface area contributed by atoms with Crippen LogP contribution in [0.5, 0.6) is 23.0 Å². The van der Waals surface area contributed by atoms with Crippen LogP contribution in [0.3, 0.4) is 0 Å². The lowest BCUT2D eigenvalue weighted by molar-refractivity contribution is -0.140. The number of aliphatic carboxylic acids is 1. The molecule has 1 saturated heterocycles. The minimum Gasteiger partial charge on any atom is -0.493 e. The van der Waals surface area contributed by atoms with Crippen molar-refractivity contribution in [2.75, 3.05) is 19.8 Å². The topological polar surface area (TPSA) is 102 Å². The summed E-state index contributed by atoms with van der Waals surface area (Å²) >= 11 is 6.31. The molecule has 8 nitrogen and oxygen atoms in total. The fraction of sp³-hybridized carbons (Fsp3) is 0.345. The van der Waals surface area contributed by atoms with Crippen molar-refractivity contribution in [1.82, 2.24) is 4.31 Å². The maximum atomic E-state index is 13.0. The van der Waals surface area contributed by atoms with Gasteiger partial charge in [0.1, 0.15) is 29.0 Å². The van der Waals surface area contributed by atoms with E-state index in [1.807, 2.05) is 48.5 Å². The van der Waals surface area contributed by atoms with Crippen molar-refractivity contribution >= 4 is 27.6 Å². The highest BCUT2D eigenvalue weighted by molar-refractivity contribution is 7.89. The average molecular weight is 574 g/mol. The second-order valence-electron chi connectivity index (χ2n) is 9.19. The molecule has 1 heterocycles. The normalized spacial score (nSPS) is 15.7. The van der Waals surface area contributed by atoms with Gasteiger partial charge in [-0.1, -0.05) is 43.1 Å². The first-order chi connectivity index (χ1) is 18.8. The number of benzene rings is 3. The van der Waals surface area contributed by atoms with Crippen LogP contribution in [-0.4, -0.2) is 49.6 Å². The molecule has 0 saturated carbocycles. The summed E-state index contributed by atoms with van der Waals surface area (Å²) in [5.41, 5.74) is 1.06. The molecule has 3 aromatic carbocycles. The van der Waals surface area contributed by atoms with Gasteiger partial charge in [0.15, 0.2) is 0 Å². The van der Waals surface area contributed by atoms with E-state index in [-0.39, 0.29) is 22.9 Å². The van der Waals surface area contributed by atoms with Crippen LogP contribution in [0.1, 0.15) is 38.2 Å². The summed E-state index contributed by atoms with van der Waals surface area (Å²) in [4.78, 5) is 11.4. The molecule has 3 aromatic rings. The number of para-hydroxylation sites is 1. The van der Waals surface area contributed by atoms with Crippen LogP contribution in [0.2, 0.25) is 5.02 Å². The van der Waals surface area contributed by atoms with E-state index in [0.29, 0.717) is 31.8 Å². The van der Waals surface area contributed by atoms with Crippen LogP contribution in [0.15, 0.2) is 71.6 Å². The second-order valence-corrected chi connectivity index (χ2v) is 11.5. The predicted octanol–water partition coefficient (Wildman–Crippen LogP) is 6.17. The van der Waals surface area contributed by atoms with E-state index in [1.165, 1.54) is 18.2 Å². The standard InChI is InChI=1S/C29H32ClNO7S/c1-2-8-21-19-23(38-22-9-4-3-5-10-22)12-14-27(21)36-17-7-18-37-28-15-13-24(20-25(28)30)39(34,35)31-16-6-11-26(31)29(32)33/h3-5,9-10,12-15,19-20,26H,2,6-8,11,16-18H2,1H3,(H,32,33)/t26-/m1/s1. The first-order valence-electron chi connectivity index (χ1n) is 12.9. The molecule has 10 heteroatoms. The highest BCUT2D eigenvalue weighted by Crippen LogP contribution is 2.32. The number of aryl methyl sites for hydroxylation is 1. The summed E-state index contributed by atoms with van der Waals surface area (Å²) in [6.07, 6.45) is 3.19. The molecule has 0 bridgehead atoms. The molecule has 39 heavy (non-hydrogen) atoms. The molecule has 0 spiro atoms. The first kappa shape index (κ1) is 28.7. The van der Waals surface area contributed by atoms with E-state index in [9.17, 15) is 18.3 Å². The summed E-state index contributed by atoms with van der Waals surface area (Å²) in [5, 5.41) is 9.49. The number of carboxylic acids is 1. The Bertz CT molecular complexity index is 1380. The number of hydrogen-bond acceptors (Lipinski definition) is 6. The lowest BCUT2D eigenvalue weighted by Gasteiger charge is -2.21. The Hall–Kier alpha value is -3.27. The zero-order valence-corrected chi connectivity index (χ0v) is 23.3. The molecular formula is C29H32ClNO7S. The van der Waals surface area contributed by atoms with Gasteiger partial charge in [0.2, 0.25) is 10.0 Å². The first-order valence-corrected chi connectivity index (χ1v) is 14.8. The largest absolute Gasteiger partial charge is 0.493 e. The van der Waals surface area contributed by atoms with Crippen molar-refractivity contribution in [3.05, 3.63) is 77.3 Å². The number of sulfonamides is 1. The van der Waals surface area contributed by atoms with Crippen molar-refractivity contribution in [2.45, 2.75) is 50.0 Å². The number of carboxylic acid groups (broad SMARTS) is 1. The van der Waals surface area contributed by atoms with E-state index < -0.39 is 22.0 Å². The summed E-state index contributed by atoms with van der Waals surface area (Å²) in [6.45, 7) is 3.01. The molecule has 4 rings (SSSR count). The van der Waals surface area contributed by atoms with Gasteiger partial charge in [-0.25, -0.2) is 8.42 Å². The Morgan fingerprint density at radius 3 is 2.41 bits per heavy atom. The van der Waals surface area contributed by atoms with Crippen molar-refractivity contribution in [3.8, 4) is 23.0 Å². The smallest absolute Gasteiger partial charge is 0.322 e. The lowest BCUT2D eigenvalue weighted by Crippen LogP contribution is -2.40. The molecule has 0 amide bonds. The molecule has 208 valence electrons. The summed E-state index contributed by atoms with van der Waals surface area (Å²) < 4.78 is 44.7. The van der Waals surface area contributed by atoms with E-state index in [2.05, 4.69) is 6.92 Å². The van der Waals surface area contributed by atoms with E-state index in [0.717, 1.165) is 40.0 Å². The molecule has 1 aliphatic rings. The number of rotatable bonds is 13. The number of carbonyl (C=O) groups is 1. The maximum Gasteiger partial charge on any atom is 0.322 e. The molecule has 1 aliphatic heterocycles. The summed E-state index contributed by atoms with van der Waals surface area (Å²) in [7, 11) is -3.98.